The van der Waals surface area contributed by atoms with E-state index in [1.54, 1.807) is 4.90 Å². The third-order valence-electron chi connectivity index (χ3n) is 14.9. The highest BCUT2D eigenvalue weighted by molar-refractivity contribution is 7.91. The fraction of sp³-hybridized carbons (Fsp3) is 0.895. The first-order valence-electron chi connectivity index (χ1n) is 19.5. The average molecular weight is 718 g/mol. The van der Waals surface area contributed by atoms with E-state index < -0.39 is 55.7 Å². The molecule has 6 aliphatic rings. The van der Waals surface area contributed by atoms with Crippen LogP contribution in [0.15, 0.2) is 0 Å². The van der Waals surface area contributed by atoms with Crippen LogP contribution in [0, 0.1) is 33.5 Å². The van der Waals surface area contributed by atoms with Crippen molar-refractivity contribution in [3.05, 3.63) is 0 Å². The van der Waals surface area contributed by atoms with Crippen molar-refractivity contribution in [2.75, 3.05) is 6.54 Å². The molecule has 6 fully saturated rings. The number of carbonyl (C=O) groups excluding carboxylic acids is 4. The summed E-state index contributed by atoms with van der Waals surface area (Å²) in [5.74, 6) is -1.88. The van der Waals surface area contributed by atoms with Gasteiger partial charge in [0.2, 0.25) is 27.7 Å². The molecule has 0 radical (unpaired) electrons. The van der Waals surface area contributed by atoms with Gasteiger partial charge in [-0.05, 0) is 85.9 Å². The first-order valence-corrected chi connectivity index (χ1v) is 21.0. The fourth-order valence-electron chi connectivity index (χ4n) is 11.0. The first kappa shape index (κ1) is 37.5. The zero-order valence-corrected chi connectivity index (χ0v) is 32.4. The maximum absolute atomic E-state index is 14.8. The lowest BCUT2D eigenvalue weighted by Crippen LogP contribution is -2.61. The number of likely N-dealkylation sites (tertiary alicyclic amines) is 1. The Morgan fingerprint density at radius 2 is 1.56 bits per heavy atom. The van der Waals surface area contributed by atoms with Gasteiger partial charge in [-0.15, -0.1) is 0 Å². The van der Waals surface area contributed by atoms with Crippen LogP contribution >= 0.6 is 0 Å². The van der Waals surface area contributed by atoms with Crippen LogP contribution < -0.4 is 21.1 Å². The van der Waals surface area contributed by atoms with Crippen LogP contribution in [0.5, 0.6) is 0 Å². The van der Waals surface area contributed by atoms with Crippen molar-refractivity contribution in [1.82, 2.24) is 20.3 Å². The third kappa shape index (κ3) is 5.63. The fourth-order valence-corrected chi connectivity index (χ4v) is 12.8. The number of fused-ring (bicyclic) bond motifs is 1. The number of amides is 4. The Morgan fingerprint density at radius 1 is 0.920 bits per heavy atom. The highest BCUT2D eigenvalue weighted by Gasteiger charge is 2.85. The molecular formula is C38H63N5O6S. The zero-order valence-electron chi connectivity index (χ0n) is 31.6. The van der Waals surface area contributed by atoms with E-state index >= 15 is 0 Å². The molecule has 50 heavy (non-hydrogen) atoms. The minimum atomic E-state index is -3.92. The SMILES string of the molecule is CCCC1(S(=O)(=O)NC(=O)[C@@]2(NC(=O)[C@@H]3C[C@@]4(CN3C(=O)[C@@H](NC(=O)[C@@H](N)C3CCCCC3)C(C)(C)C)C(C)(C)C43CCC3)C[C@H]2CC)CC1. The molecule has 5 N–H and O–H groups in total. The van der Waals surface area contributed by atoms with Gasteiger partial charge in [0.1, 0.15) is 17.6 Å². The molecule has 0 aromatic heterocycles. The molecule has 5 aliphatic carbocycles. The smallest absolute Gasteiger partial charge is 0.259 e. The molecule has 2 spiro atoms. The van der Waals surface area contributed by atoms with E-state index in [4.69, 9.17) is 5.73 Å². The summed E-state index contributed by atoms with van der Waals surface area (Å²) in [4.78, 5) is 58.6. The quantitative estimate of drug-likeness (QED) is 0.234. The van der Waals surface area contributed by atoms with Crippen LogP contribution in [0.1, 0.15) is 145 Å². The maximum atomic E-state index is 14.8. The van der Waals surface area contributed by atoms with Gasteiger partial charge in [0.25, 0.3) is 5.91 Å². The normalized spacial score (nSPS) is 33.2. The lowest BCUT2D eigenvalue weighted by atomic mass is 9.73. The molecule has 1 aliphatic heterocycles. The molecule has 282 valence electrons. The van der Waals surface area contributed by atoms with E-state index in [2.05, 4.69) is 29.2 Å². The highest BCUT2D eigenvalue weighted by Crippen LogP contribution is 2.88. The van der Waals surface area contributed by atoms with Gasteiger partial charge >= 0.3 is 0 Å². The third-order valence-corrected chi connectivity index (χ3v) is 17.1. The van der Waals surface area contributed by atoms with Crippen molar-refractivity contribution in [3.8, 4) is 0 Å². The molecule has 1 heterocycles. The van der Waals surface area contributed by atoms with Crippen molar-refractivity contribution in [2.45, 2.75) is 173 Å². The molecule has 12 heteroatoms. The molecule has 0 aromatic carbocycles. The molecule has 0 aromatic rings. The van der Waals surface area contributed by atoms with Crippen LogP contribution in [0.2, 0.25) is 0 Å². The maximum Gasteiger partial charge on any atom is 0.259 e. The molecule has 6 atom stereocenters. The first-order chi connectivity index (χ1) is 23.3. The summed E-state index contributed by atoms with van der Waals surface area (Å²) in [6.07, 6.45) is 11.9. The predicted octanol–water partition coefficient (Wildman–Crippen LogP) is 4.29. The number of nitrogens with two attached hydrogens (primary N) is 1. The Bertz CT molecular complexity index is 1510. The number of nitrogens with one attached hydrogen (secondary N) is 3. The van der Waals surface area contributed by atoms with Crippen LogP contribution in [0.4, 0.5) is 0 Å². The Kier molecular flexibility index (Phi) is 9.34. The highest BCUT2D eigenvalue weighted by atomic mass is 32.2. The second-order valence-electron chi connectivity index (χ2n) is 18.7. The van der Waals surface area contributed by atoms with E-state index in [0.29, 0.717) is 51.5 Å². The minimum Gasteiger partial charge on any atom is -0.342 e. The van der Waals surface area contributed by atoms with Crippen LogP contribution in [0.3, 0.4) is 0 Å². The van der Waals surface area contributed by atoms with Crippen molar-refractivity contribution in [3.63, 3.8) is 0 Å². The Hall–Kier alpha value is -2.21. The van der Waals surface area contributed by atoms with Crippen molar-refractivity contribution in [1.29, 1.82) is 0 Å². The largest absolute Gasteiger partial charge is 0.342 e. The summed E-state index contributed by atoms with van der Waals surface area (Å²) in [6.45, 7) is 14.5. The Morgan fingerprint density at radius 3 is 2.04 bits per heavy atom. The molecule has 5 saturated carbocycles. The second kappa shape index (κ2) is 12.4. The van der Waals surface area contributed by atoms with Crippen molar-refractivity contribution < 1.29 is 27.6 Å². The molecule has 11 nitrogen and oxygen atoms in total. The Balaban J connectivity index is 1.26. The summed E-state index contributed by atoms with van der Waals surface area (Å²) in [7, 11) is -3.92. The summed E-state index contributed by atoms with van der Waals surface area (Å²) in [5, 5.41) is 6.08. The lowest BCUT2D eigenvalue weighted by molar-refractivity contribution is -0.145. The Labute approximate surface area is 299 Å². The topological polar surface area (TPSA) is 168 Å². The van der Waals surface area contributed by atoms with Crippen LogP contribution in [0.25, 0.3) is 0 Å². The summed E-state index contributed by atoms with van der Waals surface area (Å²) >= 11 is 0. The zero-order chi connectivity index (χ0) is 36.7. The lowest BCUT2D eigenvalue weighted by Gasteiger charge is -2.37. The predicted molar refractivity (Wildman–Crippen MR) is 192 cm³/mol. The van der Waals surface area contributed by atoms with Gasteiger partial charge in [0.15, 0.2) is 0 Å². The van der Waals surface area contributed by atoms with E-state index in [9.17, 15) is 27.6 Å². The van der Waals surface area contributed by atoms with E-state index in [-0.39, 0.29) is 39.9 Å². The van der Waals surface area contributed by atoms with Gasteiger partial charge < -0.3 is 21.3 Å². The molecule has 0 unspecified atom stereocenters. The number of hydrogen-bond donors (Lipinski definition) is 4. The van der Waals surface area contributed by atoms with Gasteiger partial charge in [-0.2, -0.15) is 0 Å². The van der Waals surface area contributed by atoms with Gasteiger partial charge in [-0.1, -0.05) is 87.0 Å². The summed E-state index contributed by atoms with van der Waals surface area (Å²) in [6, 6.07) is -2.47. The monoisotopic (exact) mass is 717 g/mol. The van der Waals surface area contributed by atoms with Crippen molar-refractivity contribution in [2.24, 2.45) is 39.2 Å². The standard InChI is InChI=1S/C38H63N5O6S/c1-8-16-35(19-20-35)50(48,49)42-32(47)38(21-25(38)9-2)41-29(44)26-22-37(34(6,7)36(37)17-13-18-36)23-43(26)31(46)28(33(3,4)5)40-30(45)27(39)24-14-11-10-12-15-24/h24-28H,8-23,39H2,1-7H3,(H,40,45)(H,41,44)(H,42,47)/t25-,26+,27+,28-,37-,38-/m1/s1. The summed E-state index contributed by atoms with van der Waals surface area (Å²) < 4.78 is 28.3. The van der Waals surface area contributed by atoms with Crippen LogP contribution in [-0.2, 0) is 29.2 Å². The summed E-state index contributed by atoms with van der Waals surface area (Å²) in [5.41, 5.74) is 4.20. The van der Waals surface area contributed by atoms with E-state index in [1.807, 2.05) is 34.6 Å². The number of carbonyl (C=O) groups is 4. The molecule has 1 saturated heterocycles. The number of nitrogens with zero attached hydrogens (tertiary/aromatic N) is 1. The van der Waals surface area contributed by atoms with Gasteiger partial charge in [0.05, 0.1) is 10.8 Å². The van der Waals surface area contributed by atoms with Crippen molar-refractivity contribution >= 4 is 33.7 Å². The van der Waals surface area contributed by atoms with Gasteiger partial charge in [-0.3, -0.25) is 23.9 Å². The van der Waals surface area contributed by atoms with Gasteiger partial charge in [0, 0.05) is 12.0 Å². The average Bonchev–Trinajstić information content (AvgIpc) is 3.96. The van der Waals surface area contributed by atoms with Crippen LogP contribution in [-0.4, -0.2) is 71.9 Å². The number of hydrogen-bond acceptors (Lipinski definition) is 7. The second-order valence-corrected chi connectivity index (χ2v) is 20.8. The molecule has 6 rings (SSSR count). The van der Waals surface area contributed by atoms with E-state index in [0.717, 1.165) is 51.4 Å². The van der Waals surface area contributed by atoms with E-state index in [1.165, 1.54) is 0 Å². The molecule has 0 bridgehead atoms. The van der Waals surface area contributed by atoms with Gasteiger partial charge in [-0.25, -0.2) is 8.42 Å². The number of sulfonamides is 1. The molecule has 4 amide bonds. The number of rotatable bonds is 12. The minimum absolute atomic E-state index is 0.0455. The molecular weight excluding hydrogens is 655 g/mol.